The van der Waals surface area contributed by atoms with Crippen molar-refractivity contribution in [1.82, 2.24) is 10.6 Å². The zero-order valence-corrected chi connectivity index (χ0v) is 15.0. The van der Waals surface area contributed by atoms with Crippen LogP contribution in [0.4, 0.5) is 4.39 Å². The van der Waals surface area contributed by atoms with Crippen LogP contribution in [0.15, 0.2) is 27.7 Å². The van der Waals surface area contributed by atoms with E-state index in [4.69, 9.17) is 0 Å². The van der Waals surface area contributed by atoms with Gasteiger partial charge in [-0.05, 0) is 55.5 Å². The third-order valence-electron chi connectivity index (χ3n) is 2.83. The summed E-state index contributed by atoms with van der Waals surface area (Å²) in [7, 11) is 0. The molecule has 118 valence electrons. The smallest absolute Gasteiger partial charge is 0.191 e. The zero-order valence-electron chi connectivity index (χ0n) is 12.6. The molecule has 0 saturated carbocycles. The van der Waals surface area contributed by atoms with Crippen LogP contribution in [0.1, 0.15) is 25.3 Å². The highest BCUT2D eigenvalue weighted by Gasteiger charge is 2.02. The molecule has 0 spiro atoms. The second kappa shape index (κ2) is 10.9. The van der Waals surface area contributed by atoms with E-state index in [1.54, 1.807) is 6.07 Å². The molecule has 0 saturated heterocycles. The van der Waals surface area contributed by atoms with Gasteiger partial charge in [-0.2, -0.15) is 11.8 Å². The SMILES string of the molecule is CCNC(=NCc1cc(F)ccc1Br)NCCCCSC. The average Bonchev–Trinajstić information content (AvgIpc) is 2.47. The Morgan fingerprint density at radius 3 is 2.86 bits per heavy atom. The first-order valence-corrected chi connectivity index (χ1v) is 9.31. The Labute approximate surface area is 139 Å². The number of hydrogen-bond acceptors (Lipinski definition) is 2. The summed E-state index contributed by atoms with van der Waals surface area (Å²) in [5, 5.41) is 6.51. The van der Waals surface area contributed by atoms with E-state index in [0.717, 1.165) is 35.5 Å². The molecule has 0 atom stereocenters. The molecule has 0 amide bonds. The highest BCUT2D eigenvalue weighted by molar-refractivity contribution is 9.10. The zero-order chi connectivity index (χ0) is 15.5. The molecule has 0 unspecified atom stereocenters. The normalized spacial score (nSPS) is 11.5. The van der Waals surface area contributed by atoms with Crippen LogP contribution in [0.3, 0.4) is 0 Å². The fourth-order valence-corrected chi connectivity index (χ4v) is 2.61. The first kappa shape index (κ1) is 18.3. The van der Waals surface area contributed by atoms with E-state index in [-0.39, 0.29) is 5.82 Å². The molecule has 0 radical (unpaired) electrons. The number of nitrogens with zero attached hydrogens (tertiary/aromatic N) is 1. The molecular weight excluding hydrogens is 353 g/mol. The standard InChI is InChI=1S/C15H23BrFN3S/c1-3-18-15(19-8-4-5-9-21-2)20-11-12-10-13(17)6-7-14(12)16/h6-7,10H,3-5,8-9,11H2,1-2H3,(H2,18,19,20). The van der Waals surface area contributed by atoms with Crippen LogP contribution in [0.5, 0.6) is 0 Å². The molecule has 6 heteroatoms. The molecule has 1 aromatic rings. The predicted molar refractivity (Wildman–Crippen MR) is 94.5 cm³/mol. The van der Waals surface area contributed by atoms with Crippen molar-refractivity contribution >= 4 is 33.7 Å². The van der Waals surface area contributed by atoms with E-state index in [1.807, 2.05) is 18.7 Å². The number of nitrogens with one attached hydrogen (secondary N) is 2. The van der Waals surface area contributed by atoms with Crippen molar-refractivity contribution in [2.45, 2.75) is 26.3 Å². The molecule has 0 aliphatic rings. The van der Waals surface area contributed by atoms with Gasteiger partial charge in [0, 0.05) is 17.6 Å². The lowest BCUT2D eigenvalue weighted by Crippen LogP contribution is -2.37. The number of hydrogen-bond donors (Lipinski definition) is 2. The molecular formula is C15H23BrFN3S. The van der Waals surface area contributed by atoms with Gasteiger partial charge < -0.3 is 10.6 Å². The van der Waals surface area contributed by atoms with Gasteiger partial charge in [-0.15, -0.1) is 0 Å². The lowest BCUT2D eigenvalue weighted by molar-refractivity contribution is 0.625. The molecule has 1 rings (SSSR count). The van der Waals surface area contributed by atoms with Crippen molar-refractivity contribution in [3.63, 3.8) is 0 Å². The second-order valence-corrected chi connectivity index (χ2v) is 6.40. The van der Waals surface area contributed by atoms with E-state index >= 15 is 0 Å². The van der Waals surface area contributed by atoms with Gasteiger partial charge in [-0.25, -0.2) is 9.38 Å². The van der Waals surface area contributed by atoms with Crippen molar-refractivity contribution in [1.29, 1.82) is 0 Å². The number of thioether (sulfide) groups is 1. The van der Waals surface area contributed by atoms with Crippen LogP contribution in [0.2, 0.25) is 0 Å². The molecule has 0 aromatic heterocycles. The van der Waals surface area contributed by atoms with Crippen LogP contribution >= 0.6 is 27.7 Å². The van der Waals surface area contributed by atoms with Crippen molar-refractivity contribution in [3.05, 3.63) is 34.1 Å². The molecule has 0 aliphatic heterocycles. The number of rotatable bonds is 8. The third-order valence-corrected chi connectivity index (χ3v) is 4.30. The maximum Gasteiger partial charge on any atom is 0.191 e. The van der Waals surface area contributed by atoms with Gasteiger partial charge in [-0.1, -0.05) is 15.9 Å². The number of guanidine groups is 1. The molecule has 21 heavy (non-hydrogen) atoms. The average molecular weight is 376 g/mol. The van der Waals surface area contributed by atoms with Crippen LogP contribution in [0, 0.1) is 5.82 Å². The van der Waals surface area contributed by atoms with Crippen LogP contribution < -0.4 is 10.6 Å². The summed E-state index contributed by atoms with van der Waals surface area (Å²) in [4.78, 5) is 4.50. The summed E-state index contributed by atoms with van der Waals surface area (Å²) >= 11 is 5.29. The number of unbranched alkanes of at least 4 members (excludes halogenated alkanes) is 1. The van der Waals surface area contributed by atoms with Crippen molar-refractivity contribution in [2.24, 2.45) is 4.99 Å². The molecule has 0 fully saturated rings. The van der Waals surface area contributed by atoms with E-state index in [9.17, 15) is 4.39 Å². The topological polar surface area (TPSA) is 36.4 Å². The largest absolute Gasteiger partial charge is 0.357 e. The van der Waals surface area contributed by atoms with Gasteiger partial charge in [0.15, 0.2) is 5.96 Å². The summed E-state index contributed by atoms with van der Waals surface area (Å²) < 4.78 is 14.1. The second-order valence-electron chi connectivity index (χ2n) is 4.56. The van der Waals surface area contributed by atoms with Gasteiger partial charge in [0.25, 0.3) is 0 Å². The fraction of sp³-hybridized carbons (Fsp3) is 0.533. The van der Waals surface area contributed by atoms with Crippen LogP contribution in [0.25, 0.3) is 0 Å². The highest BCUT2D eigenvalue weighted by atomic mass is 79.9. The lowest BCUT2D eigenvalue weighted by atomic mass is 10.2. The first-order chi connectivity index (χ1) is 10.2. The molecule has 0 heterocycles. The molecule has 2 N–H and O–H groups in total. The van der Waals surface area contributed by atoms with Gasteiger partial charge in [-0.3, -0.25) is 0 Å². The number of aliphatic imine (C=N–C) groups is 1. The van der Waals surface area contributed by atoms with Crippen molar-refractivity contribution in [3.8, 4) is 0 Å². The maximum absolute atomic E-state index is 13.2. The Morgan fingerprint density at radius 1 is 1.33 bits per heavy atom. The van der Waals surface area contributed by atoms with Gasteiger partial charge in [0.05, 0.1) is 6.54 Å². The fourth-order valence-electron chi connectivity index (χ4n) is 1.75. The number of benzene rings is 1. The Morgan fingerprint density at radius 2 is 2.14 bits per heavy atom. The van der Waals surface area contributed by atoms with Crippen LogP contribution in [-0.4, -0.2) is 31.1 Å². The van der Waals surface area contributed by atoms with E-state index in [2.05, 4.69) is 37.8 Å². The Hall–Kier alpha value is -0.750. The molecule has 3 nitrogen and oxygen atoms in total. The highest BCUT2D eigenvalue weighted by Crippen LogP contribution is 2.18. The van der Waals surface area contributed by atoms with E-state index in [0.29, 0.717) is 6.54 Å². The monoisotopic (exact) mass is 375 g/mol. The Balaban J connectivity index is 2.52. The van der Waals surface area contributed by atoms with Crippen molar-refractivity contribution < 1.29 is 4.39 Å². The summed E-state index contributed by atoms with van der Waals surface area (Å²) in [5.74, 6) is 1.72. The first-order valence-electron chi connectivity index (χ1n) is 7.12. The van der Waals surface area contributed by atoms with E-state index in [1.165, 1.54) is 24.3 Å². The summed E-state index contributed by atoms with van der Waals surface area (Å²) in [6.45, 7) is 4.18. The minimum absolute atomic E-state index is 0.238. The third kappa shape index (κ3) is 7.71. The van der Waals surface area contributed by atoms with Gasteiger partial charge in [0.2, 0.25) is 0 Å². The Bertz CT molecular complexity index is 455. The minimum atomic E-state index is -0.238. The van der Waals surface area contributed by atoms with Gasteiger partial charge >= 0.3 is 0 Å². The summed E-state index contributed by atoms with van der Waals surface area (Å²) in [6.07, 6.45) is 4.44. The van der Waals surface area contributed by atoms with Crippen molar-refractivity contribution in [2.75, 3.05) is 25.1 Å². The molecule has 0 bridgehead atoms. The molecule has 0 aliphatic carbocycles. The predicted octanol–water partition coefficient (Wildman–Crippen LogP) is 3.79. The quantitative estimate of drug-likeness (QED) is 0.412. The summed E-state index contributed by atoms with van der Waals surface area (Å²) in [6, 6.07) is 4.66. The minimum Gasteiger partial charge on any atom is -0.357 e. The molecule has 1 aromatic carbocycles. The lowest BCUT2D eigenvalue weighted by Gasteiger charge is -2.11. The Kier molecular flexibility index (Phi) is 9.50. The summed E-state index contributed by atoms with van der Waals surface area (Å²) in [5.41, 5.74) is 0.842. The van der Waals surface area contributed by atoms with E-state index < -0.39 is 0 Å². The van der Waals surface area contributed by atoms with Gasteiger partial charge in [0.1, 0.15) is 5.82 Å². The van der Waals surface area contributed by atoms with Crippen LogP contribution in [-0.2, 0) is 6.54 Å². The maximum atomic E-state index is 13.2. The number of halogens is 2.